The Morgan fingerprint density at radius 3 is 2.78 bits per heavy atom. The molecule has 1 N–H and O–H groups in total. The standard InChI is InChI=1S/C15H21N3O4S/c1-4-8-18-11(2)17-23(20,21)14-10-12(5-6-13(14)18)15(19)16-7-9-22-3/h5-6,10H,4,7-9H2,1-3H3,(H,16,19). The first kappa shape index (κ1) is 17.4. The second-order valence-corrected chi connectivity index (χ2v) is 6.77. The maximum Gasteiger partial charge on any atom is 0.286 e. The number of nitrogens with zero attached hydrogens (tertiary/aromatic N) is 2. The summed E-state index contributed by atoms with van der Waals surface area (Å²) < 4.78 is 33.3. The van der Waals surface area contributed by atoms with Gasteiger partial charge >= 0.3 is 0 Å². The lowest BCUT2D eigenvalue weighted by atomic mass is 10.1. The molecule has 0 saturated heterocycles. The zero-order chi connectivity index (χ0) is 17.0. The Morgan fingerprint density at radius 1 is 1.39 bits per heavy atom. The summed E-state index contributed by atoms with van der Waals surface area (Å²) in [4.78, 5) is 14.0. The molecule has 2 rings (SSSR count). The molecule has 1 aromatic rings. The molecular weight excluding hydrogens is 318 g/mol. The van der Waals surface area contributed by atoms with Gasteiger partial charge in [-0.15, -0.1) is 4.40 Å². The number of methoxy groups -OCH3 is 1. The number of benzene rings is 1. The van der Waals surface area contributed by atoms with Crippen molar-refractivity contribution in [1.29, 1.82) is 0 Å². The van der Waals surface area contributed by atoms with Crippen LogP contribution < -0.4 is 10.2 Å². The van der Waals surface area contributed by atoms with Gasteiger partial charge in [-0.25, -0.2) is 0 Å². The maximum atomic E-state index is 12.3. The second kappa shape index (κ2) is 7.10. The fourth-order valence-corrected chi connectivity index (χ4v) is 3.67. The smallest absolute Gasteiger partial charge is 0.286 e. The Kier molecular flexibility index (Phi) is 5.38. The molecule has 23 heavy (non-hydrogen) atoms. The van der Waals surface area contributed by atoms with Crippen LogP contribution in [0.5, 0.6) is 0 Å². The number of rotatable bonds is 6. The van der Waals surface area contributed by atoms with Crippen molar-refractivity contribution in [2.45, 2.75) is 25.2 Å². The fourth-order valence-electron chi connectivity index (χ4n) is 2.41. The van der Waals surface area contributed by atoms with Crippen LogP contribution in [0.1, 0.15) is 30.6 Å². The third-order valence-corrected chi connectivity index (χ3v) is 4.86. The first-order valence-electron chi connectivity index (χ1n) is 7.41. The molecule has 1 amide bonds. The Morgan fingerprint density at radius 2 is 2.13 bits per heavy atom. The van der Waals surface area contributed by atoms with Gasteiger partial charge in [0.1, 0.15) is 10.7 Å². The van der Waals surface area contributed by atoms with Crippen molar-refractivity contribution in [3.05, 3.63) is 23.8 Å². The minimum Gasteiger partial charge on any atom is -0.383 e. The fraction of sp³-hybridized carbons (Fsp3) is 0.467. The summed E-state index contributed by atoms with van der Waals surface area (Å²) in [7, 11) is -2.24. The Balaban J connectivity index is 2.37. The maximum absolute atomic E-state index is 12.3. The molecule has 0 spiro atoms. The number of nitrogens with one attached hydrogen (secondary N) is 1. The van der Waals surface area contributed by atoms with Crippen LogP contribution in [-0.4, -0.2) is 47.0 Å². The summed E-state index contributed by atoms with van der Waals surface area (Å²) in [5.74, 6) is 0.102. The lowest BCUT2D eigenvalue weighted by Gasteiger charge is -2.29. The molecule has 0 saturated carbocycles. The number of sulfonamides is 1. The molecule has 1 aliphatic heterocycles. The third-order valence-electron chi connectivity index (χ3n) is 3.47. The summed E-state index contributed by atoms with van der Waals surface area (Å²) in [5, 5.41) is 2.67. The van der Waals surface area contributed by atoms with Gasteiger partial charge in [-0.1, -0.05) is 6.92 Å². The zero-order valence-electron chi connectivity index (χ0n) is 13.5. The van der Waals surface area contributed by atoms with E-state index in [1.165, 1.54) is 6.07 Å². The van der Waals surface area contributed by atoms with E-state index in [2.05, 4.69) is 9.71 Å². The molecule has 0 unspecified atom stereocenters. The van der Waals surface area contributed by atoms with Gasteiger partial charge in [0.05, 0.1) is 12.3 Å². The normalized spacial score (nSPS) is 15.8. The summed E-state index contributed by atoms with van der Waals surface area (Å²) in [6.07, 6.45) is 0.853. The zero-order valence-corrected chi connectivity index (χ0v) is 14.3. The van der Waals surface area contributed by atoms with E-state index in [0.29, 0.717) is 31.2 Å². The van der Waals surface area contributed by atoms with Gasteiger partial charge in [-0.3, -0.25) is 4.79 Å². The molecule has 0 radical (unpaired) electrons. The van der Waals surface area contributed by atoms with Crippen molar-refractivity contribution in [3.63, 3.8) is 0 Å². The van der Waals surface area contributed by atoms with Gasteiger partial charge in [0.2, 0.25) is 0 Å². The summed E-state index contributed by atoms with van der Waals surface area (Å²) in [5.41, 5.74) is 0.849. The number of amidine groups is 1. The molecule has 1 aromatic carbocycles. The van der Waals surface area contributed by atoms with Crippen LogP contribution in [0.25, 0.3) is 0 Å². The topological polar surface area (TPSA) is 88.1 Å². The molecule has 1 aliphatic rings. The number of hydrogen-bond donors (Lipinski definition) is 1. The summed E-state index contributed by atoms with van der Waals surface area (Å²) >= 11 is 0. The molecule has 0 fully saturated rings. The van der Waals surface area contributed by atoms with Crippen LogP contribution >= 0.6 is 0 Å². The number of anilines is 1. The van der Waals surface area contributed by atoms with Gasteiger partial charge in [-0.05, 0) is 31.5 Å². The van der Waals surface area contributed by atoms with Crippen LogP contribution in [0.4, 0.5) is 5.69 Å². The van der Waals surface area contributed by atoms with Crippen molar-refractivity contribution in [3.8, 4) is 0 Å². The van der Waals surface area contributed by atoms with Gasteiger partial charge in [0.15, 0.2) is 0 Å². The van der Waals surface area contributed by atoms with Gasteiger partial charge in [0, 0.05) is 25.8 Å². The lowest BCUT2D eigenvalue weighted by Crippen LogP contribution is -2.35. The van der Waals surface area contributed by atoms with E-state index in [1.54, 1.807) is 26.2 Å². The quantitative estimate of drug-likeness (QED) is 0.792. The van der Waals surface area contributed by atoms with Crippen molar-refractivity contribution in [2.75, 3.05) is 31.7 Å². The Hall–Kier alpha value is -1.93. The Bertz CT molecular complexity index is 728. The molecule has 7 nitrogen and oxygen atoms in total. The van der Waals surface area contributed by atoms with Gasteiger partial charge in [-0.2, -0.15) is 8.42 Å². The Labute approximate surface area is 136 Å². The van der Waals surface area contributed by atoms with E-state index >= 15 is 0 Å². The van der Waals surface area contributed by atoms with E-state index in [4.69, 9.17) is 4.74 Å². The molecule has 126 valence electrons. The van der Waals surface area contributed by atoms with Crippen LogP contribution in [-0.2, 0) is 14.8 Å². The number of ether oxygens (including phenoxy) is 1. The molecule has 0 atom stereocenters. The molecule has 0 aromatic heterocycles. The number of hydrogen-bond acceptors (Lipinski definition) is 5. The number of fused-ring (bicyclic) bond motifs is 1. The molecular formula is C15H21N3O4S. The van der Waals surface area contributed by atoms with Crippen molar-refractivity contribution < 1.29 is 17.9 Å². The third kappa shape index (κ3) is 3.70. The van der Waals surface area contributed by atoms with E-state index in [9.17, 15) is 13.2 Å². The molecule has 1 heterocycles. The molecule has 0 aliphatic carbocycles. The number of carbonyl (C=O) groups excluding carboxylic acids is 1. The van der Waals surface area contributed by atoms with Crippen LogP contribution in [0.15, 0.2) is 27.5 Å². The number of amides is 1. The van der Waals surface area contributed by atoms with Crippen LogP contribution in [0, 0.1) is 0 Å². The first-order chi connectivity index (χ1) is 10.9. The van der Waals surface area contributed by atoms with Crippen LogP contribution in [0.3, 0.4) is 0 Å². The van der Waals surface area contributed by atoms with Crippen molar-refractivity contribution in [1.82, 2.24) is 5.32 Å². The average molecular weight is 339 g/mol. The highest BCUT2D eigenvalue weighted by molar-refractivity contribution is 7.90. The number of carbonyl (C=O) groups is 1. The van der Waals surface area contributed by atoms with E-state index in [0.717, 1.165) is 6.42 Å². The summed E-state index contributed by atoms with van der Waals surface area (Å²) in [6, 6.07) is 4.66. The lowest BCUT2D eigenvalue weighted by molar-refractivity contribution is 0.0937. The minimum absolute atomic E-state index is 0.0657. The summed E-state index contributed by atoms with van der Waals surface area (Å²) in [6.45, 7) is 5.09. The van der Waals surface area contributed by atoms with Crippen LogP contribution in [0.2, 0.25) is 0 Å². The average Bonchev–Trinajstić information content (AvgIpc) is 2.50. The predicted molar refractivity (Wildman–Crippen MR) is 88.6 cm³/mol. The van der Waals surface area contributed by atoms with E-state index in [-0.39, 0.29) is 16.4 Å². The van der Waals surface area contributed by atoms with E-state index < -0.39 is 10.0 Å². The highest BCUT2D eigenvalue weighted by Crippen LogP contribution is 2.32. The minimum atomic E-state index is -3.78. The predicted octanol–water partition coefficient (Wildman–Crippen LogP) is 1.40. The van der Waals surface area contributed by atoms with Gasteiger partial charge in [0.25, 0.3) is 15.9 Å². The molecule has 0 bridgehead atoms. The first-order valence-corrected chi connectivity index (χ1v) is 8.85. The largest absolute Gasteiger partial charge is 0.383 e. The van der Waals surface area contributed by atoms with Crippen molar-refractivity contribution in [2.24, 2.45) is 4.40 Å². The van der Waals surface area contributed by atoms with E-state index in [1.807, 2.05) is 11.8 Å². The van der Waals surface area contributed by atoms with Gasteiger partial charge < -0.3 is 15.0 Å². The molecule has 8 heteroatoms. The second-order valence-electron chi connectivity index (χ2n) is 5.20. The highest BCUT2D eigenvalue weighted by atomic mass is 32.2. The van der Waals surface area contributed by atoms with Crippen molar-refractivity contribution >= 4 is 27.5 Å². The monoisotopic (exact) mass is 339 g/mol. The highest BCUT2D eigenvalue weighted by Gasteiger charge is 2.29. The SMILES string of the molecule is CCCN1C(C)=NS(=O)(=O)c2cc(C(=O)NCCOC)ccc21.